The zero-order valence-corrected chi connectivity index (χ0v) is 9.20. The molecule has 0 bridgehead atoms. The van der Waals surface area contributed by atoms with E-state index in [1.165, 1.54) is 0 Å². The fourth-order valence-electron chi connectivity index (χ4n) is 1.84. The van der Waals surface area contributed by atoms with Gasteiger partial charge in [0.05, 0.1) is 0 Å². The molecule has 0 saturated carbocycles. The first-order chi connectivity index (χ1) is 6.59. The highest BCUT2D eigenvalue weighted by atomic mass is 16.1. The maximum absolute atomic E-state index is 11.7. The van der Waals surface area contributed by atoms with Crippen LogP contribution in [-0.2, 0) is 4.79 Å². The lowest BCUT2D eigenvalue weighted by Crippen LogP contribution is -2.18. The van der Waals surface area contributed by atoms with Crippen LogP contribution in [0.1, 0.15) is 39.5 Å². The van der Waals surface area contributed by atoms with E-state index in [0.717, 1.165) is 25.7 Å². The van der Waals surface area contributed by atoms with E-state index >= 15 is 0 Å². The minimum Gasteiger partial charge on any atom is -0.324 e. The van der Waals surface area contributed by atoms with Gasteiger partial charge in [0.1, 0.15) is 5.78 Å². The predicted molar refractivity (Wildman–Crippen MR) is 58.9 cm³/mol. The zero-order valence-electron chi connectivity index (χ0n) is 9.20. The number of hydrogen-bond acceptors (Lipinski definition) is 2. The number of carbonyl (C=O) groups excluding carboxylic acids is 1. The molecule has 0 aliphatic heterocycles. The quantitative estimate of drug-likeness (QED) is 0.684. The van der Waals surface area contributed by atoms with E-state index in [2.05, 4.69) is 13.8 Å². The molecular formula is C12H21NO. The first-order valence-electron chi connectivity index (χ1n) is 5.56. The number of rotatable bonds is 5. The van der Waals surface area contributed by atoms with Gasteiger partial charge in [-0.05, 0) is 18.8 Å². The Balaban J connectivity index is 2.19. The van der Waals surface area contributed by atoms with Gasteiger partial charge in [0.15, 0.2) is 0 Å². The van der Waals surface area contributed by atoms with Crippen LogP contribution >= 0.6 is 0 Å². The Kier molecular flexibility index (Phi) is 4.33. The Labute approximate surface area is 86.6 Å². The highest BCUT2D eigenvalue weighted by molar-refractivity contribution is 5.83. The maximum Gasteiger partial charge on any atom is 0.139 e. The van der Waals surface area contributed by atoms with Crippen molar-refractivity contribution in [3.63, 3.8) is 0 Å². The average Bonchev–Trinajstić information content (AvgIpc) is 2.51. The minimum absolute atomic E-state index is 0.106. The van der Waals surface area contributed by atoms with Crippen molar-refractivity contribution in [3.05, 3.63) is 12.2 Å². The van der Waals surface area contributed by atoms with Crippen molar-refractivity contribution in [1.82, 2.24) is 0 Å². The fraction of sp³-hybridized carbons (Fsp3) is 0.750. The molecule has 0 aromatic heterocycles. The molecule has 14 heavy (non-hydrogen) atoms. The van der Waals surface area contributed by atoms with Gasteiger partial charge in [-0.15, -0.1) is 0 Å². The van der Waals surface area contributed by atoms with Gasteiger partial charge in [0.25, 0.3) is 0 Å². The maximum atomic E-state index is 11.7. The molecule has 0 amide bonds. The molecule has 0 aromatic carbocycles. The Bertz CT molecular complexity index is 220. The second kappa shape index (κ2) is 5.30. The summed E-state index contributed by atoms with van der Waals surface area (Å²) in [6.45, 7) is 4.38. The molecule has 2 atom stereocenters. The fourth-order valence-corrected chi connectivity index (χ4v) is 1.84. The van der Waals surface area contributed by atoms with Crippen LogP contribution in [0.15, 0.2) is 12.2 Å². The van der Waals surface area contributed by atoms with E-state index < -0.39 is 0 Å². The van der Waals surface area contributed by atoms with Gasteiger partial charge in [0.2, 0.25) is 0 Å². The summed E-state index contributed by atoms with van der Waals surface area (Å²) in [5.41, 5.74) is 5.70. The summed E-state index contributed by atoms with van der Waals surface area (Å²) in [5.74, 6) is 1.18. The molecule has 0 radical (unpaired) electrons. The van der Waals surface area contributed by atoms with Crippen LogP contribution in [0.4, 0.5) is 0 Å². The summed E-state index contributed by atoms with van der Waals surface area (Å²) in [4.78, 5) is 11.7. The highest BCUT2D eigenvalue weighted by Crippen LogP contribution is 2.20. The van der Waals surface area contributed by atoms with Crippen LogP contribution in [-0.4, -0.2) is 11.8 Å². The molecule has 1 rings (SSSR count). The molecule has 0 fully saturated rings. The van der Waals surface area contributed by atoms with Gasteiger partial charge in [-0.1, -0.05) is 32.4 Å². The molecule has 2 unspecified atom stereocenters. The molecule has 2 nitrogen and oxygen atoms in total. The van der Waals surface area contributed by atoms with Crippen molar-refractivity contribution in [2.75, 3.05) is 0 Å². The van der Waals surface area contributed by atoms with Crippen LogP contribution in [0.3, 0.4) is 0 Å². The van der Waals surface area contributed by atoms with Crippen molar-refractivity contribution in [1.29, 1.82) is 0 Å². The van der Waals surface area contributed by atoms with E-state index in [1.807, 2.05) is 12.2 Å². The van der Waals surface area contributed by atoms with Crippen molar-refractivity contribution < 1.29 is 4.79 Å². The first-order valence-corrected chi connectivity index (χ1v) is 5.56. The van der Waals surface area contributed by atoms with Crippen LogP contribution in [0.25, 0.3) is 0 Å². The Morgan fingerprint density at radius 2 is 2.21 bits per heavy atom. The molecule has 0 heterocycles. The van der Waals surface area contributed by atoms with Crippen LogP contribution < -0.4 is 5.73 Å². The minimum atomic E-state index is 0.106. The van der Waals surface area contributed by atoms with E-state index in [9.17, 15) is 4.79 Å². The van der Waals surface area contributed by atoms with Gasteiger partial charge in [-0.2, -0.15) is 0 Å². The summed E-state index contributed by atoms with van der Waals surface area (Å²) in [5, 5.41) is 0. The number of hydrogen-bond donors (Lipinski definition) is 1. The van der Waals surface area contributed by atoms with Gasteiger partial charge >= 0.3 is 0 Å². The Morgan fingerprint density at radius 1 is 1.50 bits per heavy atom. The van der Waals surface area contributed by atoms with Gasteiger partial charge in [-0.25, -0.2) is 0 Å². The van der Waals surface area contributed by atoms with Crippen LogP contribution in [0.2, 0.25) is 0 Å². The van der Waals surface area contributed by atoms with E-state index in [4.69, 9.17) is 5.73 Å². The third-order valence-electron chi connectivity index (χ3n) is 2.73. The predicted octanol–water partition coefficient (Wildman–Crippen LogP) is 2.29. The van der Waals surface area contributed by atoms with Crippen LogP contribution in [0.5, 0.6) is 0 Å². The standard InChI is InChI=1S/C12H21NO/c1-9(2)4-3-5-12(14)10-6-7-11(13)8-10/h6-7,9-11H,3-5,8,13H2,1-2H3. The summed E-state index contributed by atoms with van der Waals surface area (Å²) in [6.07, 6.45) is 7.64. The average molecular weight is 195 g/mol. The lowest BCUT2D eigenvalue weighted by molar-refractivity contribution is -0.121. The molecular weight excluding hydrogens is 174 g/mol. The first kappa shape index (κ1) is 11.4. The Morgan fingerprint density at radius 3 is 2.71 bits per heavy atom. The Hall–Kier alpha value is -0.630. The largest absolute Gasteiger partial charge is 0.324 e. The lowest BCUT2D eigenvalue weighted by atomic mass is 9.96. The van der Waals surface area contributed by atoms with E-state index in [-0.39, 0.29) is 12.0 Å². The van der Waals surface area contributed by atoms with Crippen molar-refractivity contribution >= 4 is 5.78 Å². The third kappa shape index (κ3) is 3.62. The summed E-state index contributed by atoms with van der Waals surface area (Å²) < 4.78 is 0. The third-order valence-corrected chi connectivity index (χ3v) is 2.73. The number of nitrogens with two attached hydrogens (primary N) is 1. The lowest BCUT2D eigenvalue weighted by Gasteiger charge is -2.08. The molecule has 2 heteroatoms. The number of ketones is 1. The SMILES string of the molecule is CC(C)CCCC(=O)C1C=CC(N)C1. The highest BCUT2D eigenvalue weighted by Gasteiger charge is 2.21. The van der Waals surface area contributed by atoms with E-state index in [1.54, 1.807) is 0 Å². The molecule has 2 N–H and O–H groups in total. The van der Waals surface area contributed by atoms with E-state index in [0.29, 0.717) is 11.7 Å². The summed E-state index contributed by atoms with van der Waals surface area (Å²) in [7, 11) is 0. The molecule has 1 aliphatic carbocycles. The number of carbonyl (C=O) groups is 1. The summed E-state index contributed by atoms with van der Waals surface area (Å²) in [6, 6.07) is 0.106. The van der Waals surface area contributed by atoms with Gasteiger partial charge in [0, 0.05) is 18.4 Å². The number of allylic oxidation sites excluding steroid dienone is 1. The smallest absolute Gasteiger partial charge is 0.139 e. The topological polar surface area (TPSA) is 43.1 Å². The normalized spacial score (nSPS) is 26.0. The second-order valence-electron chi connectivity index (χ2n) is 4.64. The van der Waals surface area contributed by atoms with Crippen LogP contribution in [0, 0.1) is 11.8 Å². The van der Waals surface area contributed by atoms with Crippen molar-refractivity contribution in [2.24, 2.45) is 17.6 Å². The summed E-state index contributed by atoms with van der Waals surface area (Å²) >= 11 is 0. The van der Waals surface area contributed by atoms with Gasteiger partial charge in [-0.3, -0.25) is 4.79 Å². The van der Waals surface area contributed by atoms with Crippen molar-refractivity contribution in [2.45, 2.75) is 45.6 Å². The molecule has 0 aromatic rings. The molecule has 0 spiro atoms. The monoisotopic (exact) mass is 195 g/mol. The van der Waals surface area contributed by atoms with Crippen molar-refractivity contribution in [3.8, 4) is 0 Å². The molecule has 80 valence electrons. The molecule has 0 saturated heterocycles. The molecule has 1 aliphatic rings. The second-order valence-corrected chi connectivity index (χ2v) is 4.64. The number of Topliss-reactive ketones (excluding diaryl/α,β-unsaturated/α-hetero) is 1. The zero-order chi connectivity index (χ0) is 10.6. The van der Waals surface area contributed by atoms with Gasteiger partial charge < -0.3 is 5.73 Å².